The Hall–Kier alpha value is -0.820. The highest BCUT2D eigenvalue weighted by atomic mass is 14.9. The van der Waals surface area contributed by atoms with Gasteiger partial charge in [0, 0.05) is 6.04 Å². The molecule has 3 unspecified atom stereocenters. The maximum atomic E-state index is 3.82. The van der Waals surface area contributed by atoms with E-state index in [2.05, 4.69) is 51.2 Å². The molecule has 1 aromatic rings. The summed E-state index contributed by atoms with van der Waals surface area (Å²) in [5.41, 5.74) is 4.36. The van der Waals surface area contributed by atoms with E-state index in [1.807, 2.05) is 0 Å². The predicted molar refractivity (Wildman–Crippen MR) is 83.5 cm³/mol. The second kappa shape index (κ2) is 6.56. The lowest BCUT2D eigenvalue weighted by atomic mass is 9.87. The highest BCUT2D eigenvalue weighted by Gasteiger charge is 2.30. The summed E-state index contributed by atoms with van der Waals surface area (Å²) in [5.74, 6) is 1.73. The van der Waals surface area contributed by atoms with Gasteiger partial charge in [0.15, 0.2) is 0 Å². The molecule has 1 saturated carbocycles. The molecule has 3 atom stereocenters. The summed E-state index contributed by atoms with van der Waals surface area (Å²) in [6.07, 6.45) is 5.38. The van der Waals surface area contributed by atoms with Gasteiger partial charge in [-0.1, -0.05) is 44.0 Å². The van der Waals surface area contributed by atoms with Crippen LogP contribution in [0.25, 0.3) is 0 Å². The molecule has 0 aliphatic heterocycles. The number of hydrogen-bond acceptors (Lipinski definition) is 1. The van der Waals surface area contributed by atoms with Gasteiger partial charge in [0.1, 0.15) is 0 Å². The summed E-state index contributed by atoms with van der Waals surface area (Å²) in [7, 11) is 0. The normalized spacial score (nSPS) is 24.6. The third-order valence-corrected chi connectivity index (χ3v) is 4.59. The Morgan fingerprint density at radius 2 is 2.05 bits per heavy atom. The van der Waals surface area contributed by atoms with Crippen molar-refractivity contribution in [2.24, 2.45) is 11.8 Å². The minimum Gasteiger partial charge on any atom is -0.310 e. The van der Waals surface area contributed by atoms with E-state index < -0.39 is 0 Å². The molecule has 0 amide bonds. The molecule has 1 aromatic carbocycles. The molecule has 0 spiro atoms. The molecular weight excluding hydrogens is 230 g/mol. The van der Waals surface area contributed by atoms with Gasteiger partial charge in [-0.25, -0.2) is 0 Å². The zero-order valence-electron chi connectivity index (χ0n) is 13.0. The minimum absolute atomic E-state index is 0.560. The molecule has 0 heterocycles. The summed E-state index contributed by atoms with van der Waals surface area (Å²) in [6, 6.07) is 7.47. The smallest absolute Gasteiger partial charge is 0.0351 e. The van der Waals surface area contributed by atoms with E-state index in [0.29, 0.717) is 6.04 Å². The quantitative estimate of drug-likeness (QED) is 0.802. The predicted octanol–water partition coefficient (Wildman–Crippen LogP) is 4.78. The van der Waals surface area contributed by atoms with Crippen molar-refractivity contribution in [3.05, 3.63) is 34.9 Å². The molecule has 0 aromatic heterocycles. The van der Waals surface area contributed by atoms with Gasteiger partial charge in [-0.15, -0.1) is 0 Å². The molecule has 1 aliphatic rings. The first kappa shape index (κ1) is 14.6. The maximum absolute atomic E-state index is 3.82. The highest BCUT2D eigenvalue weighted by molar-refractivity contribution is 5.33. The standard InChI is InChI=1S/C18H29N/c1-5-10-19-18(16-9-7-13(2)11-16)17-12-14(3)6-8-15(17)4/h6,8,12-13,16,18-19H,5,7,9-11H2,1-4H3. The topological polar surface area (TPSA) is 12.0 Å². The molecule has 0 saturated heterocycles. The average Bonchev–Trinajstić information content (AvgIpc) is 2.80. The van der Waals surface area contributed by atoms with E-state index in [9.17, 15) is 0 Å². The van der Waals surface area contributed by atoms with E-state index in [1.54, 1.807) is 0 Å². The molecule has 19 heavy (non-hydrogen) atoms. The van der Waals surface area contributed by atoms with Crippen LogP contribution in [0.5, 0.6) is 0 Å². The number of hydrogen-bond donors (Lipinski definition) is 1. The number of aryl methyl sites for hydroxylation is 2. The van der Waals surface area contributed by atoms with Crippen molar-refractivity contribution in [1.82, 2.24) is 5.32 Å². The van der Waals surface area contributed by atoms with Crippen molar-refractivity contribution in [3.63, 3.8) is 0 Å². The molecular formula is C18H29N. The second-order valence-electron chi connectivity index (χ2n) is 6.47. The first-order valence-corrected chi connectivity index (χ1v) is 7.92. The van der Waals surface area contributed by atoms with Crippen LogP contribution in [-0.2, 0) is 0 Å². The van der Waals surface area contributed by atoms with Crippen LogP contribution in [0.4, 0.5) is 0 Å². The van der Waals surface area contributed by atoms with Crippen molar-refractivity contribution in [2.75, 3.05) is 6.54 Å². The zero-order valence-corrected chi connectivity index (χ0v) is 13.0. The van der Waals surface area contributed by atoms with E-state index >= 15 is 0 Å². The highest BCUT2D eigenvalue weighted by Crippen LogP contribution is 2.39. The van der Waals surface area contributed by atoms with E-state index in [1.165, 1.54) is 42.4 Å². The van der Waals surface area contributed by atoms with Crippen LogP contribution in [0.2, 0.25) is 0 Å². The van der Waals surface area contributed by atoms with Gasteiger partial charge < -0.3 is 5.32 Å². The van der Waals surface area contributed by atoms with Gasteiger partial charge in [0.05, 0.1) is 0 Å². The number of rotatable bonds is 5. The first-order valence-electron chi connectivity index (χ1n) is 7.92. The summed E-state index contributed by atoms with van der Waals surface area (Å²) in [6.45, 7) is 10.2. The van der Waals surface area contributed by atoms with Crippen molar-refractivity contribution < 1.29 is 0 Å². The van der Waals surface area contributed by atoms with Crippen molar-refractivity contribution >= 4 is 0 Å². The fourth-order valence-electron chi connectivity index (χ4n) is 3.48. The Morgan fingerprint density at radius 3 is 2.68 bits per heavy atom. The third kappa shape index (κ3) is 3.60. The lowest BCUT2D eigenvalue weighted by molar-refractivity contribution is 0.358. The Kier molecular flexibility index (Phi) is 5.04. The molecule has 2 rings (SSSR count). The molecule has 106 valence electrons. The van der Waals surface area contributed by atoms with Crippen LogP contribution < -0.4 is 5.32 Å². The van der Waals surface area contributed by atoms with Crippen LogP contribution in [0.3, 0.4) is 0 Å². The van der Waals surface area contributed by atoms with Gasteiger partial charge in [0.2, 0.25) is 0 Å². The van der Waals surface area contributed by atoms with Gasteiger partial charge in [-0.05, 0) is 62.6 Å². The van der Waals surface area contributed by atoms with Crippen LogP contribution in [-0.4, -0.2) is 6.54 Å². The van der Waals surface area contributed by atoms with Crippen molar-refractivity contribution in [1.29, 1.82) is 0 Å². The summed E-state index contributed by atoms with van der Waals surface area (Å²) < 4.78 is 0. The zero-order chi connectivity index (χ0) is 13.8. The largest absolute Gasteiger partial charge is 0.310 e. The van der Waals surface area contributed by atoms with Crippen LogP contribution in [0, 0.1) is 25.7 Å². The van der Waals surface area contributed by atoms with Gasteiger partial charge >= 0.3 is 0 Å². The van der Waals surface area contributed by atoms with Gasteiger partial charge in [-0.2, -0.15) is 0 Å². The minimum atomic E-state index is 0.560. The lowest BCUT2D eigenvalue weighted by Gasteiger charge is -2.27. The Balaban J connectivity index is 2.23. The lowest BCUT2D eigenvalue weighted by Crippen LogP contribution is -2.28. The molecule has 1 heteroatoms. The van der Waals surface area contributed by atoms with Crippen LogP contribution >= 0.6 is 0 Å². The Morgan fingerprint density at radius 1 is 1.26 bits per heavy atom. The molecule has 1 nitrogen and oxygen atoms in total. The fraction of sp³-hybridized carbons (Fsp3) is 0.667. The second-order valence-corrected chi connectivity index (χ2v) is 6.47. The van der Waals surface area contributed by atoms with E-state index in [4.69, 9.17) is 0 Å². The summed E-state index contributed by atoms with van der Waals surface area (Å²) in [4.78, 5) is 0. The maximum Gasteiger partial charge on any atom is 0.0351 e. The van der Waals surface area contributed by atoms with Crippen LogP contribution in [0.1, 0.15) is 62.3 Å². The van der Waals surface area contributed by atoms with Crippen LogP contribution in [0.15, 0.2) is 18.2 Å². The molecule has 1 aliphatic carbocycles. The van der Waals surface area contributed by atoms with Gasteiger partial charge in [-0.3, -0.25) is 0 Å². The SMILES string of the molecule is CCCNC(c1cc(C)ccc1C)C1CCC(C)C1. The van der Waals surface area contributed by atoms with E-state index in [0.717, 1.165) is 18.4 Å². The third-order valence-electron chi connectivity index (χ3n) is 4.59. The van der Waals surface area contributed by atoms with E-state index in [-0.39, 0.29) is 0 Å². The number of benzene rings is 1. The monoisotopic (exact) mass is 259 g/mol. The van der Waals surface area contributed by atoms with Crippen molar-refractivity contribution in [2.45, 2.75) is 59.4 Å². The first-order chi connectivity index (χ1) is 9.11. The Labute approximate surface area is 118 Å². The molecule has 0 radical (unpaired) electrons. The fourth-order valence-corrected chi connectivity index (χ4v) is 3.48. The summed E-state index contributed by atoms with van der Waals surface area (Å²) in [5, 5.41) is 3.82. The van der Waals surface area contributed by atoms with Gasteiger partial charge in [0.25, 0.3) is 0 Å². The molecule has 1 fully saturated rings. The molecule has 1 N–H and O–H groups in total. The number of nitrogens with one attached hydrogen (secondary N) is 1. The average molecular weight is 259 g/mol. The molecule has 0 bridgehead atoms. The van der Waals surface area contributed by atoms with Crippen molar-refractivity contribution in [3.8, 4) is 0 Å². The summed E-state index contributed by atoms with van der Waals surface area (Å²) >= 11 is 0. The Bertz CT molecular complexity index is 410.